The molecule has 0 saturated carbocycles. The van der Waals surface area contributed by atoms with Crippen molar-refractivity contribution in [2.45, 2.75) is 52.0 Å². The van der Waals surface area contributed by atoms with Gasteiger partial charge in [-0.25, -0.2) is 0 Å². The van der Waals surface area contributed by atoms with Gasteiger partial charge in [0.05, 0.1) is 1.37 Å². The molecule has 84 valence electrons. The Morgan fingerprint density at radius 3 is 2.33 bits per heavy atom. The molecule has 0 fully saturated rings. The molecule has 1 aromatic carbocycles. The Morgan fingerprint density at radius 1 is 1.20 bits per heavy atom. The Morgan fingerprint density at radius 2 is 1.80 bits per heavy atom. The van der Waals surface area contributed by atoms with Gasteiger partial charge < -0.3 is 5.11 Å². The molecule has 0 radical (unpaired) electrons. The van der Waals surface area contributed by atoms with Gasteiger partial charge in [0, 0.05) is 20.6 Å². The van der Waals surface area contributed by atoms with Crippen LogP contribution in [-0.4, -0.2) is 5.11 Å². The van der Waals surface area contributed by atoms with Crippen molar-refractivity contribution in [2.75, 3.05) is 0 Å². The minimum Gasteiger partial charge on any atom is -0.508 e. The lowest BCUT2D eigenvalue weighted by Gasteiger charge is -2.25. The van der Waals surface area contributed by atoms with Crippen molar-refractivity contribution >= 4 is 0 Å². The predicted octanol–water partition coefficient (Wildman–Crippen LogP) is 3.99. The maximum Gasteiger partial charge on any atom is 0.119 e. The number of hydrogen-bond donors (Lipinski definition) is 1. The van der Waals surface area contributed by atoms with E-state index in [1.165, 1.54) is 0 Å². The standard InChI is InChI=1S/C14H22O/c1-13(2,3)10-7-8-12(15)11(9-10)14(4,5)6/h7-9,15H,1-6H3/i1D3,2D3,4D3,5D3,6D3,8D. The number of phenols is 1. The molecule has 0 aliphatic rings. The molecule has 0 aromatic heterocycles. The predicted molar refractivity (Wildman–Crippen MR) is 65.5 cm³/mol. The highest BCUT2D eigenvalue weighted by Gasteiger charge is 2.21. The molecule has 1 N–H and O–H groups in total. The molecule has 0 atom stereocenters. The molecule has 0 amide bonds. The van der Waals surface area contributed by atoms with Crippen molar-refractivity contribution in [1.29, 1.82) is 0 Å². The van der Waals surface area contributed by atoms with Gasteiger partial charge in [-0.3, -0.25) is 0 Å². The van der Waals surface area contributed by atoms with Crippen LogP contribution in [0.25, 0.3) is 0 Å². The van der Waals surface area contributed by atoms with Crippen molar-refractivity contribution in [2.24, 2.45) is 0 Å². The average Bonchev–Trinajstić information content (AvgIpc) is 2.44. The van der Waals surface area contributed by atoms with Crippen LogP contribution in [0.5, 0.6) is 5.75 Å². The zero-order chi connectivity index (χ0) is 25.2. The first-order valence-electron chi connectivity index (χ1n) is 12.1. The molecule has 1 nitrogen and oxygen atoms in total. The van der Waals surface area contributed by atoms with E-state index in [0.29, 0.717) is 12.1 Å². The summed E-state index contributed by atoms with van der Waals surface area (Å²) in [7, 11) is 0. The first-order valence-corrected chi connectivity index (χ1v) is 4.13. The van der Waals surface area contributed by atoms with E-state index in [9.17, 15) is 5.11 Å². The first-order chi connectivity index (χ1) is 13.3. The van der Waals surface area contributed by atoms with E-state index in [1.54, 1.807) is 0 Å². The summed E-state index contributed by atoms with van der Waals surface area (Å²) in [6, 6.07) is 0.0762. The van der Waals surface area contributed by atoms with Crippen LogP contribution in [0.2, 0.25) is 0 Å². The molecule has 1 rings (SSSR count). The molecule has 15 heavy (non-hydrogen) atoms. The lowest BCUT2D eigenvalue weighted by molar-refractivity contribution is 0.444. The fourth-order valence-corrected chi connectivity index (χ4v) is 1.06. The Balaban J connectivity index is 4.35. The smallest absolute Gasteiger partial charge is 0.119 e. The number of rotatable bonds is 0. The molecule has 0 spiro atoms. The molecule has 0 heterocycles. The number of phenolic OH excluding ortho intramolecular Hbond substituents is 1. The van der Waals surface area contributed by atoms with E-state index in [-0.39, 0.29) is 0 Å². The zero-order valence-corrected chi connectivity index (χ0v) is 8.10. The van der Waals surface area contributed by atoms with E-state index in [1.807, 2.05) is 0 Å². The lowest BCUT2D eigenvalue weighted by Crippen LogP contribution is -2.16. The lowest BCUT2D eigenvalue weighted by atomic mass is 9.80. The van der Waals surface area contributed by atoms with E-state index in [4.69, 9.17) is 21.9 Å². The second kappa shape index (κ2) is 3.55. The molecule has 1 aromatic rings. The highest BCUT2D eigenvalue weighted by Crippen LogP contribution is 2.34. The van der Waals surface area contributed by atoms with Crippen LogP contribution in [0.15, 0.2) is 18.2 Å². The fraction of sp³-hybridized carbons (Fsp3) is 0.571. The van der Waals surface area contributed by atoms with Gasteiger partial charge in [-0.15, -0.1) is 0 Å². The second-order valence-electron chi connectivity index (χ2n) is 3.53. The van der Waals surface area contributed by atoms with Gasteiger partial charge in [0.1, 0.15) is 5.75 Å². The van der Waals surface area contributed by atoms with Gasteiger partial charge in [-0.2, -0.15) is 0 Å². The maximum absolute atomic E-state index is 10.4. The summed E-state index contributed by atoms with van der Waals surface area (Å²) in [4.78, 5) is 0. The van der Waals surface area contributed by atoms with Crippen molar-refractivity contribution < 1.29 is 27.0 Å². The third-order valence-electron chi connectivity index (χ3n) is 1.90. The summed E-state index contributed by atoms with van der Waals surface area (Å²) in [6.07, 6.45) is 0. The van der Waals surface area contributed by atoms with Crippen molar-refractivity contribution in [3.8, 4) is 5.75 Å². The number of benzene rings is 1. The Hall–Kier alpha value is -0.980. The summed E-state index contributed by atoms with van der Waals surface area (Å²) in [5.74, 6) is -1.31. The minimum atomic E-state index is -3.80. The van der Waals surface area contributed by atoms with Gasteiger partial charge in [0.2, 0.25) is 0 Å². The van der Waals surface area contributed by atoms with Gasteiger partial charge in [0.15, 0.2) is 0 Å². The Labute approximate surface area is 116 Å². The van der Waals surface area contributed by atoms with Crippen LogP contribution in [-0.2, 0) is 10.8 Å². The van der Waals surface area contributed by atoms with Crippen LogP contribution in [0.1, 0.15) is 74.2 Å². The average molecular weight is 222 g/mol. The summed E-state index contributed by atoms with van der Waals surface area (Å²) in [5, 5.41) is 10.4. The molecule has 0 aliphatic carbocycles. The van der Waals surface area contributed by atoms with E-state index in [0.717, 1.165) is 6.92 Å². The van der Waals surface area contributed by atoms with E-state index in [2.05, 4.69) is 0 Å². The summed E-state index contributed by atoms with van der Waals surface area (Å²) in [5.41, 5.74) is -8.49. The van der Waals surface area contributed by atoms with E-state index >= 15 is 0 Å². The third kappa shape index (κ3) is 2.74. The maximum atomic E-state index is 10.4. The normalized spacial score (nSPS) is 32.9. The van der Waals surface area contributed by atoms with Gasteiger partial charge in [-0.1, -0.05) is 53.3 Å². The van der Waals surface area contributed by atoms with Gasteiger partial charge >= 0.3 is 0 Å². The first kappa shape index (κ1) is 2.64. The van der Waals surface area contributed by atoms with Crippen LogP contribution < -0.4 is 0 Å². The number of hydrogen-bond acceptors (Lipinski definition) is 1. The van der Waals surface area contributed by atoms with Crippen molar-refractivity contribution in [1.82, 2.24) is 0 Å². The Bertz CT molecular complexity index is 769. The summed E-state index contributed by atoms with van der Waals surface area (Å²) >= 11 is 0. The van der Waals surface area contributed by atoms with Crippen LogP contribution >= 0.6 is 0 Å². The van der Waals surface area contributed by atoms with Crippen LogP contribution in [0.3, 0.4) is 0 Å². The third-order valence-corrected chi connectivity index (χ3v) is 1.90. The highest BCUT2D eigenvalue weighted by molar-refractivity contribution is 5.42. The largest absolute Gasteiger partial charge is 0.508 e. The quantitative estimate of drug-likeness (QED) is 0.704. The topological polar surface area (TPSA) is 20.2 Å². The molecule has 0 saturated heterocycles. The molecule has 1 heteroatoms. The molecule has 0 aliphatic heterocycles. The summed E-state index contributed by atoms with van der Waals surface area (Å²) < 4.78 is 124. The molecular formula is C14H22O. The van der Waals surface area contributed by atoms with E-state index < -0.39 is 68.0 Å². The molecule has 0 bridgehead atoms. The monoisotopic (exact) mass is 222 g/mol. The Kier molecular flexibility index (Phi) is 0.624. The van der Waals surface area contributed by atoms with Crippen molar-refractivity contribution in [3.63, 3.8) is 0 Å². The highest BCUT2D eigenvalue weighted by atomic mass is 16.3. The van der Waals surface area contributed by atoms with Crippen molar-refractivity contribution in [3.05, 3.63) is 29.3 Å². The molecule has 0 unspecified atom stereocenters. The van der Waals surface area contributed by atoms with Crippen LogP contribution in [0, 0.1) is 0 Å². The number of aromatic hydroxyl groups is 1. The summed E-state index contributed by atoms with van der Waals surface area (Å²) in [6.45, 7) is -17.2. The van der Waals surface area contributed by atoms with Gasteiger partial charge in [-0.05, 0) is 28.0 Å². The molecular weight excluding hydrogens is 184 g/mol. The van der Waals surface area contributed by atoms with Gasteiger partial charge in [0.25, 0.3) is 0 Å². The fourth-order valence-electron chi connectivity index (χ4n) is 1.06. The zero-order valence-electron chi connectivity index (χ0n) is 24.1. The minimum absolute atomic E-state index is 0.456. The second-order valence-corrected chi connectivity index (χ2v) is 3.53. The van der Waals surface area contributed by atoms with Crippen LogP contribution in [0.4, 0.5) is 0 Å². The SMILES string of the molecule is [2H]c1cc(C(C)(C([2H])([2H])[2H])C([2H])([2H])[2H])cc(C(C([2H])([2H])[2H])(C([2H])([2H])[2H])C([2H])([2H])[2H])c1O.